The number of nitrogens with zero attached hydrogens (tertiary/aromatic N) is 1. The number of rotatable bonds is 4. The number of carbonyl (C=O) groups is 1. The topological polar surface area (TPSA) is 58.4 Å². The number of likely N-dealkylation sites (N-methyl/N-ethyl adjacent to an activating group) is 1. The van der Waals surface area contributed by atoms with Crippen LogP contribution in [0.5, 0.6) is 0 Å². The van der Waals surface area contributed by atoms with E-state index >= 15 is 0 Å². The van der Waals surface area contributed by atoms with Crippen molar-refractivity contribution < 1.29 is 4.79 Å². The Morgan fingerprint density at radius 1 is 1.50 bits per heavy atom. The van der Waals surface area contributed by atoms with Crippen molar-refractivity contribution >= 4 is 40.5 Å². The maximum absolute atomic E-state index is 12.0. The zero-order valence-electron chi connectivity index (χ0n) is 10.6. The molecule has 0 aromatic heterocycles. The van der Waals surface area contributed by atoms with Gasteiger partial charge in [-0.1, -0.05) is 30.1 Å². The van der Waals surface area contributed by atoms with Crippen molar-refractivity contribution in [3.05, 3.63) is 22.2 Å². The quantitative estimate of drug-likeness (QED) is 0.838. The van der Waals surface area contributed by atoms with Crippen molar-refractivity contribution in [3.8, 4) is 0 Å². The molecule has 100 valence electrons. The summed E-state index contributed by atoms with van der Waals surface area (Å²) in [6.45, 7) is 4.57. The van der Waals surface area contributed by atoms with Gasteiger partial charge in [-0.25, -0.2) is 0 Å². The predicted molar refractivity (Wildman–Crippen MR) is 77.3 cm³/mol. The monoisotopic (exact) mass is 289 g/mol. The Morgan fingerprint density at radius 3 is 2.61 bits per heavy atom. The first-order valence-electron chi connectivity index (χ1n) is 5.62. The van der Waals surface area contributed by atoms with Crippen LogP contribution in [0.25, 0.3) is 0 Å². The van der Waals surface area contributed by atoms with Crippen LogP contribution in [0.1, 0.15) is 13.8 Å². The lowest BCUT2D eigenvalue weighted by Gasteiger charge is -2.22. The van der Waals surface area contributed by atoms with Crippen LogP contribution in [0.4, 0.5) is 11.4 Å². The van der Waals surface area contributed by atoms with Crippen LogP contribution in [-0.2, 0) is 4.79 Å². The van der Waals surface area contributed by atoms with E-state index in [9.17, 15) is 4.79 Å². The van der Waals surface area contributed by atoms with Gasteiger partial charge < -0.3 is 11.1 Å². The summed E-state index contributed by atoms with van der Waals surface area (Å²) in [5.41, 5.74) is 6.54. The van der Waals surface area contributed by atoms with Crippen LogP contribution in [0, 0.1) is 0 Å². The highest BCUT2D eigenvalue weighted by Gasteiger charge is 2.19. The van der Waals surface area contributed by atoms with Crippen molar-refractivity contribution in [3.63, 3.8) is 0 Å². The molecule has 0 saturated heterocycles. The zero-order chi connectivity index (χ0) is 13.9. The Balaban J connectivity index is 2.89. The minimum Gasteiger partial charge on any atom is -0.397 e. The maximum atomic E-state index is 12.0. The van der Waals surface area contributed by atoms with Crippen LogP contribution in [-0.4, -0.2) is 30.4 Å². The molecule has 18 heavy (non-hydrogen) atoms. The first-order chi connectivity index (χ1) is 8.36. The molecule has 0 radical (unpaired) electrons. The number of anilines is 2. The van der Waals surface area contributed by atoms with Gasteiger partial charge in [-0.3, -0.25) is 9.69 Å². The Kier molecular flexibility index (Phi) is 5.26. The molecular formula is C12H17Cl2N3O. The van der Waals surface area contributed by atoms with Crippen LogP contribution < -0.4 is 11.1 Å². The van der Waals surface area contributed by atoms with E-state index in [1.54, 1.807) is 12.1 Å². The van der Waals surface area contributed by atoms with E-state index in [4.69, 9.17) is 28.9 Å². The number of carbonyl (C=O) groups excluding carboxylic acids is 1. The van der Waals surface area contributed by atoms with Gasteiger partial charge in [0.15, 0.2) is 0 Å². The number of halogens is 2. The number of nitrogens with one attached hydrogen (secondary N) is 1. The second-order valence-electron chi connectivity index (χ2n) is 4.09. The van der Waals surface area contributed by atoms with Gasteiger partial charge in [0.2, 0.25) is 5.91 Å². The van der Waals surface area contributed by atoms with E-state index < -0.39 is 0 Å². The number of nitrogen functional groups attached to an aromatic ring is 1. The molecule has 4 nitrogen and oxygen atoms in total. The van der Waals surface area contributed by atoms with E-state index in [1.165, 1.54) is 0 Å². The van der Waals surface area contributed by atoms with E-state index in [2.05, 4.69) is 5.32 Å². The summed E-state index contributed by atoms with van der Waals surface area (Å²) in [5, 5.41) is 3.50. The summed E-state index contributed by atoms with van der Waals surface area (Å²) in [6.07, 6.45) is 0. The summed E-state index contributed by atoms with van der Waals surface area (Å²) >= 11 is 11.8. The number of amides is 1. The molecule has 0 heterocycles. The SMILES string of the molecule is CCN(C)C(C)C(=O)Nc1c(N)cc(Cl)cc1Cl. The number of nitrogens with two attached hydrogens (primary N) is 1. The van der Waals surface area contributed by atoms with E-state index in [1.807, 2.05) is 25.8 Å². The Hall–Kier alpha value is -0.970. The molecule has 3 N–H and O–H groups in total. The molecule has 0 fully saturated rings. The lowest BCUT2D eigenvalue weighted by atomic mass is 10.2. The summed E-state index contributed by atoms with van der Waals surface area (Å²) in [5.74, 6) is -0.157. The summed E-state index contributed by atoms with van der Waals surface area (Å²) < 4.78 is 0. The van der Waals surface area contributed by atoms with Gasteiger partial charge in [-0.15, -0.1) is 0 Å². The van der Waals surface area contributed by atoms with Crippen molar-refractivity contribution in [1.29, 1.82) is 0 Å². The van der Waals surface area contributed by atoms with E-state index in [0.29, 0.717) is 21.4 Å². The third-order valence-corrected chi connectivity index (χ3v) is 3.39. The molecule has 0 spiro atoms. The average Bonchev–Trinajstić information content (AvgIpc) is 2.31. The molecule has 1 aromatic carbocycles. The lowest BCUT2D eigenvalue weighted by molar-refractivity contribution is -0.120. The minimum absolute atomic E-state index is 0.157. The fourth-order valence-electron chi connectivity index (χ4n) is 1.43. The van der Waals surface area contributed by atoms with Crippen LogP contribution in [0.3, 0.4) is 0 Å². The number of hydrogen-bond donors (Lipinski definition) is 2. The van der Waals surface area contributed by atoms with E-state index in [-0.39, 0.29) is 11.9 Å². The number of hydrogen-bond acceptors (Lipinski definition) is 3. The second-order valence-corrected chi connectivity index (χ2v) is 4.93. The van der Waals surface area contributed by atoms with Gasteiger partial charge in [0.05, 0.1) is 22.4 Å². The van der Waals surface area contributed by atoms with Crippen molar-refractivity contribution in [2.45, 2.75) is 19.9 Å². The summed E-state index contributed by atoms with van der Waals surface area (Å²) in [6, 6.07) is 2.83. The fourth-order valence-corrected chi connectivity index (χ4v) is 1.98. The van der Waals surface area contributed by atoms with Gasteiger partial charge >= 0.3 is 0 Å². The minimum atomic E-state index is -0.263. The molecule has 0 aliphatic heterocycles. The molecular weight excluding hydrogens is 273 g/mol. The van der Waals surface area contributed by atoms with Crippen molar-refractivity contribution in [2.75, 3.05) is 24.6 Å². The highest BCUT2D eigenvalue weighted by Crippen LogP contribution is 2.32. The molecule has 1 amide bonds. The molecule has 1 rings (SSSR count). The molecule has 1 aromatic rings. The Bertz CT molecular complexity index is 428. The first-order valence-corrected chi connectivity index (χ1v) is 6.38. The second kappa shape index (κ2) is 6.27. The maximum Gasteiger partial charge on any atom is 0.241 e. The Labute approximate surface area is 117 Å². The van der Waals surface area contributed by atoms with Crippen molar-refractivity contribution in [2.24, 2.45) is 0 Å². The molecule has 0 saturated carbocycles. The Morgan fingerprint density at radius 2 is 2.11 bits per heavy atom. The third-order valence-electron chi connectivity index (χ3n) is 2.87. The first kappa shape index (κ1) is 15.1. The standard InChI is InChI=1S/C12H17Cl2N3O/c1-4-17(3)7(2)12(18)16-11-9(14)5-8(13)6-10(11)15/h5-7H,4,15H2,1-3H3,(H,16,18). The molecule has 0 bridgehead atoms. The van der Waals surface area contributed by atoms with Gasteiger partial charge in [-0.2, -0.15) is 0 Å². The van der Waals surface area contributed by atoms with Gasteiger partial charge in [-0.05, 0) is 32.6 Å². The smallest absolute Gasteiger partial charge is 0.241 e. The summed E-state index contributed by atoms with van der Waals surface area (Å²) in [4.78, 5) is 13.9. The zero-order valence-corrected chi connectivity index (χ0v) is 12.1. The highest BCUT2D eigenvalue weighted by atomic mass is 35.5. The van der Waals surface area contributed by atoms with Crippen LogP contribution >= 0.6 is 23.2 Å². The largest absolute Gasteiger partial charge is 0.397 e. The fraction of sp³-hybridized carbons (Fsp3) is 0.417. The predicted octanol–water partition coefficient (Wildman–Crippen LogP) is 2.85. The molecule has 0 aliphatic carbocycles. The van der Waals surface area contributed by atoms with Gasteiger partial charge in [0.25, 0.3) is 0 Å². The normalized spacial score (nSPS) is 12.6. The summed E-state index contributed by atoms with van der Waals surface area (Å²) in [7, 11) is 1.87. The molecule has 1 atom stereocenters. The van der Waals surface area contributed by atoms with Crippen LogP contribution in [0.15, 0.2) is 12.1 Å². The molecule has 1 unspecified atom stereocenters. The van der Waals surface area contributed by atoms with Gasteiger partial charge in [0, 0.05) is 5.02 Å². The highest BCUT2D eigenvalue weighted by molar-refractivity contribution is 6.37. The van der Waals surface area contributed by atoms with Crippen LogP contribution in [0.2, 0.25) is 10.0 Å². The van der Waals surface area contributed by atoms with E-state index in [0.717, 1.165) is 6.54 Å². The average molecular weight is 290 g/mol. The van der Waals surface area contributed by atoms with Gasteiger partial charge in [0.1, 0.15) is 0 Å². The third kappa shape index (κ3) is 3.51. The molecule has 6 heteroatoms. The lowest BCUT2D eigenvalue weighted by Crippen LogP contribution is -2.39. The molecule has 0 aliphatic rings. The number of benzene rings is 1. The van der Waals surface area contributed by atoms with Crippen molar-refractivity contribution in [1.82, 2.24) is 4.90 Å².